The molecule has 0 aliphatic heterocycles. The number of carboxylic acid groups (broad SMARTS) is 1. The van der Waals surface area contributed by atoms with Gasteiger partial charge in [-0.3, -0.25) is 9.59 Å². The van der Waals surface area contributed by atoms with Gasteiger partial charge in [0.15, 0.2) is 0 Å². The molecule has 0 saturated heterocycles. The van der Waals surface area contributed by atoms with Crippen molar-refractivity contribution in [3.63, 3.8) is 0 Å². The predicted molar refractivity (Wildman–Crippen MR) is 74.6 cm³/mol. The van der Waals surface area contributed by atoms with Crippen molar-refractivity contribution in [2.45, 2.75) is 13.8 Å². The van der Waals surface area contributed by atoms with Gasteiger partial charge in [0, 0.05) is 12.1 Å². The highest BCUT2D eigenvalue weighted by Gasteiger charge is 2.27. The van der Waals surface area contributed by atoms with E-state index in [1.165, 1.54) is 19.9 Å². The fourth-order valence-electron chi connectivity index (χ4n) is 1.13. The third-order valence-electron chi connectivity index (χ3n) is 2.48. The number of benzene rings is 1. The average Bonchev–Trinajstić information content (AvgIpc) is 2.29. The van der Waals surface area contributed by atoms with Crippen LogP contribution < -0.4 is 5.32 Å². The summed E-state index contributed by atoms with van der Waals surface area (Å²) in [4.78, 5) is 22.6. The third-order valence-corrected chi connectivity index (χ3v) is 3.39. The number of carbonyl (C=O) groups is 2. The standard InChI is InChI=1S/C12H14INO4/c1-12(2,11(17)18)6-14-10(16)7-3-4-8(13)9(15)5-7/h3-5,15H,6H2,1-2H3,(H,14,16)(H,17,18). The molecule has 98 valence electrons. The minimum Gasteiger partial charge on any atom is -0.507 e. The van der Waals surface area contributed by atoms with Crippen molar-refractivity contribution in [2.24, 2.45) is 5.41 Å². The number of halogens is 1. The molecule has 1 aromatic rings. The molecule has 0 aromatic heterocycles. The molecular formula is C12H14INO4. The Balaban J connectivity index is 2.72. The van der Waals surface area contributed by atoms with Gasteiger partial charge in [-0.15, -0.1) is 0 Å². The van der Waals surface area contributed by atoms with Crippen LogP contribution in [0.15, 0.2) is 18.2 Å². The van der Waals surface area contributed by atoms with Crippen molar-refractivity contribution in [1.82, 2.24) is 5.32 Å². The molecule has 1 amide bonds. The molecule has 0 spiro atoms. The van der Waals surface area contributed by atoms with Gasteiger partial charge >= 0.3 is 5.97 Å². The Morgan fingerprint density at radius 2 is 2.00 bits per heavy atom. The zero-order valence-corrected chi connectivity index (χ0v) is 12.2. The molecule has 0 saturated carbocycles. The van der Waals surface area contributed by atoms with Gasteiger partial charge in [-0.2, -0.15) is 0 Å². The van der Waals surface area contributed by atoms with Gasteiger partial charge in [-0.1, -0.05) is 0 Å². The van der Waals surface area contributed by atoms with Gasteiger partial charge in [0.05, 0.1) is 8.99 Å². The molecule has 0 bridgehead atoms. The number of aliphatic carboxylic acids is 1. The van der Waals surface area contributed by atoms with Crippen LogP contribution in [0.5, 0.6) is 5.75 Å². The molecule has 0 atom stereocenters. The van der Waals surface area contributed by atoms with Crippen molar-refractivity contribution >= 4 is 34.5 Å². The van der Waals surface area contributed by atoms with Crippen LogP contribution in [-0.4, -0.2) is 28.6 Å². The second kappa shape index (κ2) is 5.55. The maximum atomic E-state index is 11.8. The molecule has 0 aliphatic rings. The molecule has 0 aliphatic carbocycles. The normalized spacial score (nSPS) is 11.1. The van der Waals surface area contributed by atoms with Crippen molar-refractivity contribution in [1.29, 1.82) is 0 Å². The lowest BCUT2D eigenvalue weighted by Crippen LogP contribution is -2.38. The maximum Gasteiger partial charge on any atom is 0.310 e. The van der Waals surface area contributed by atoms with Crippen LogP contribution in [0.3, 0.4) is 0 Å². The van der Waals surface area contributed by atoms with Crippen LogP contribution in [-0.2, 0) is 4.79 Å². The Hall–Kier alpha value is -1.31. The largest absolute Gasteiger partial charge is 0.507 e. The van der Waals surface area contributed by atoms with E-state index in [-0.39, 0.29) is 12.3 Å². The van der Waals surface area contributed by atoms with Gasteiger partial charge in [0.25, 0.3) is 5.91 Å². The first kappa shape index (κ1) is 14.7. The first-order valence-electron chi connectivity index (χ1n) is 5.24. The highest BCUT2D eigenvalue weighted by atomic mass is 127. The lowest BCUT2D eigenvalue weighted by Gasteiger charge is -2.19. The summed E-state index contributed by atoms with van der Waals surface area (Å²) in [5.74, 6) is -1.36. The molecule has 0 radical (unpaired) electrons. The summed E-state index contributed by atoms with van der Waals surface area (Å²) in [6.07, 6.45) is 0. The Bertz CT molecular complexity index is 485. The van der Waals surface area contributed by atoms with Crippen LogP contribution in [0.2, 0.25) is 0 Å². The molecular weight excluding hydrogens is 349 g/mol. The minimum absolute atomic E-state index is 0.0217. The van der Waals surface area contributed by atoms with Crippen LogP contribution in [0, 0.1) is 8.99 Å². The Morgan fingerprint density at radius 1 is 1.39 bits per heavy atom. The highest BCUT2D eigenvalue weighted by molar-refractivity contribution is 14.1. The van der Waals surface area contributed by atoms with E-state index >= 15 is 0 Å². The Kier molecular flexibility index (Phi) is 4.55. The summed E-state index contributed by atoms with van der Waals surface area (Å²) >= 11 is 1.95. The summed E-state index contributed by atoms with van der Waals surface area (Å²) in [6, 6.07) is 4.54. The van der Waals surface area contributed by atoms with Crippen LogP contribution >= 0.6 is 22.6 Å². The van der Waals surface area contributed by atoms with Crippen molar-refractivity contribution in [3.8, 4) is 5.75 Å². The summed E-state index contributed by atoms with van der Waals surface area (Å²) in [7, 11) is 0. The van der Waals surface area contributed by atoms with E-state index < -0.39 is 17.3 Å². The Labute approximate surface area is 118 Å². The van der Waals surface area contributed by atoms with E-state index in [2.05, 4.69) is 5.32 Å². The van der Waals surface area contributed by atoms with Gasteiger partial charge < -0.3 is 15.5 Å². The maximum absolute atomic E-state index is 11.8. The quantitative estimate of drug-likeness (QED) is 0.713. The zero-order valence-electron chi connectivity index (χ0n) is 10.0. The van der Waals surface area contributed by atoms with E-state index in [1.54, 1.807) is 12.1 Å². The highest BCUT2D eigenvalue weighted by Crippen LogP contribution is 2.20. The fraction of sp³-hybridized carbons (Fsp3) is 0.333. The van der Waals surface area contributed by atoms with Crippen LogP contribution in [0.4, 0.5) is 0 Å². The SMILES string of the molecule is CC(C)(CNC(=O)c1ccc(I)c(O)c1)C(=O)O. The summed E-state index contributed by atoms with van der Waals surface area (Å²) in [5.41, 5.74) is -0.727. The van der Waals surface area contributed by atoms with Crippen molar-refractivity contribution in [2.75, 3.05) is 6.54 Å². The molecule has 0 heterocycles. The number of nitrogens with one attached hydrogen (secondary N) is 1. The zero-order chi connectivity index (χ0) is 13.9. The number of hydrogen-bond acceptors (Lipinski definition) is 3. The summed E-state index contributed by atoms with van der Waals surface area (Å²) < 4.78 is 0.648. The number of carboxylic acids is 1. The number of aromatic hydroxyl groups is 1. The lowest BCUT2D eigenvalue weighted by molar-refractivity contribution is -0.146. The minimum atomic E-state index is -1.03. The van der Waals surface area contributed by atoms with Crippen molar-refractivity contribution < 1.29 is 19.8 Å². The number of carbonyl (C=O) groups excluding carboxylic acids is 1. The van der Waals surface area contributed by atoms with E-state index in [4.69, 9.17) is 5.11 Å². The molecule has 6 heteroatoms. The second-order valence-corrected chi connectivity index (χ2v) is 5.70. The van der Waals surface area contributed by atoms with Gasteiger partial charge in [0.1, 0.15) is 5.75 Å². The monoisotopic (exact) mass is 363 g/mol. The number of rotatable bonds is 4. The molecule has 1 aromatic carbocycles. The number of phenolic OH excluding ortho intramolecular Hbond substituents is 1. The summed E-state index contributed by atoms with van der Waals surface area (Å²) in [6.45, 7) is 3.08. The van der Waals surface area contributed by atoms with Gasteiger partial charge in [0.2, 0.25) is 0 Å². The van der Waals surface area contributed by atoms with Crippen LogP contribution in [0.1, 0.15) is 24.2 Å². The first-order valence-corrected chi connectivity index (χ1v) is 6.32. The number of phenols is 1. The summed E-state index contributed by atoms with van der Waals surface area (Å²) in [5, 5.41) is 20.9. The lowest BCUT2D eigenvalue weighted by atomic mass is 9.94. The van der Waals surface area contributed by atoms with E-state index in [1.807, 2.05) is 22.6 Å². The van der Waals surface area contributed by atoms with Gasteiger partial charge in [-0.25, -0.2) is 0 Å². The topological polar surface area (TPSA) is 86.6 Å². The third kappa shape index (κ3) is 3.59. The van der Waals surface area contributed by atoms with Gasteiger partial charge in [-0.05, 0) is 54.6 Å². The molecule has 0 unspecified atom stereocenters. The molecule has 3 N–H and O–H groups in total. The second-order valence-electron chi connectivity index (χ2n) is 4.54. The van der Waals surface area contributed by atoms with E-state index in [0.29, 0.717) is 9.13 Å². The smallest absolute Gasteiger partial charge is 0.310 e. The molecule has 1 rings (SSSR count). The van der Waals surface area contributed by atoms with E-state index in [9.17, 15) is 14.7 Å². The van der Waals surface area contributed by atoms with E-state index in [0.717, 1.165) is 0 Å². The predicted octanol–water partition coefficient (Wildman–Crippen LogP) is 1.84. The molecule has 5 nitrogen and oxygen atoms in total. The Morgan fingerprint density at radius 3 is 2.50 bits per heavy atom. The molecule has 0 fully saturated rings. The molecule has 18 heavy (non-hydrogen) atoms. The number of hydrogen-bond donors (Lipinski definition) is 3. The number of amides is 1. The fourth-order valence-corrected chi connectivity index (χ4v) is 1.47. The average molecular weight is 363 g/mol. The van der Waals surface area contributed by atoms with Crippen molar-refractivity contribution in [3.05, 3.63) is 27.3 Å². The first-order chi connectivity index (χ1) is 8.24. The van der Waals surface area contributed by atoms with Crippen LogP contribution in [0.25, 0.3) is 0 Å².